The summed E-state index contributed by atoms with van der Waals surface area (Å²) in [4.78, 5) is 2.25. The highest BCUT2D eigenvalue weighted by Gasteiger charge is 2.28. The monoisotopic (exact) mass is 384 g/mol. The number of ether oxygens (including phenoxy) is 3. The molecule has 1 unspecified atom stereocenters. The van der Waals surface area contributed by atoms with Gasteiger partial charge in [-0.05, 0) is 18.9 Å². The van der Waals surface area contributed by atoms with E-state index in [0.29, 0.717) is 23.2 Å². The number of anilines is 1. The van der Waals surface area contributed by atoms with Crippen LogP contribution in [0.15, 0.2) is 18.6 Å². The van der Waals surface area contributed by atoms with Crippen LogP contribution in [0.25, 0.3) is 10.8 Å². The summed E-state index contributed by atoms with van der Waals surface area (Å²) in [5.74, 6) is 3.84. The molecule has 1 saturated heterocycles. The minimum atomic E-state index is 0.292. The largest absolute Gasteiger partial charge is 0.493 e. The standard InChI is InChI=1S/C19H24N6O3/c1-24-11-21-22-18(24)12-6-5-7-25(10-12)19-13-8-15(26-2)17(28-4)16(27-3)14(13)9-20-23-19/h8-9,11-12H,5-7,10H2,1-4H3. The number of hydrogen-bond donors (Lipinski definition) is 0. The lowest BCUT2D eigenvalue weighted by Gasteiger charge is -2.33. The zero-order chi connectivity index (χ0) is 19.7. The first kappa shape index (κ1) is 18.3. The van der Waals surface area contributed by atoms with Gasteiger partial charge in [-0.15, -0.1) is 15.3 Å². The number of nitrogens with zero attached hydrogens (tertiary/aromatic N) is 6. The third-order valence-corrected chi connectivity index (χ3v) is 5.28. The number of hydrogen-bond acceptors (Lipinski definition) is 8. The lowest BCUT2D eigenvalue weighted by molar-refractivity contribution is 0.327. The number of aryl methyl sites for hydroxylation is 1. The molecule has 3 aromatic rings. The molecule has 1 fully saturated rings. The van der Waals surface area contributed by atoms with Crippen LogP contribution in [0.4, 0.5) is 5.82 Å². The number of benzene rings is 1. The van der Waals surface area contributed by atoms with E-state index in [0.717, 1.165) is 48.3 Å². The molecule has 9 nitrogen and oxygen atoms in total. The normalized spacial score (nSPS) is 17.0. The van der Waals surface area contributed by atoms with E-state index in [1.165, 1.54) is 0 Å². The average molecular weight is 384 g/mol. The Hall–Kier alpha value is -3.10. The Morgan fingerprint density at radius 3 is 2.50 bits per heavy atom. The van der Waals surface area contributed by atoms with Crippen molar-refractivity contribution in [3.8, 4) is 17.2 Å². The van der Waals surface area contributed by atoms with E-state index in [4.69, 9.17) is 14.2 Å². The summed E-state index contributed by atoms with van der Waals surface area (Å²) in [5, 5.41) is 18.8. The fourth-order valence-corrected chi connectivity index (χ4v) is 3.96. The second-order valence-corrected chi connectivity index (χ2v) is 6.86. The molecule has 1 atom stereocenters. The summed E-state index contributed by atoms with van der Waals surface area (Å²) >= 11 is 0. The maximum Gasteiger partial charge on any atom is 0.204 e. The maximum absolute atomic E-state index is 5.62. The van der Waals surface area contributed by atoms with Crippen molar-refractivity contribution in [2.75, 3.05) is 39.3 Å². The third kappa shape index (κ3) is 2.96. The smallest absolute Gasteiger partial charge is 0.204 e. The van der Waals surface area contributed by atoms with Gasteiger partial charge in [0.1, 0.15) is 12.2 Å². The first-order valence-electron chi connectivity index (χ1n) is 9.21. The lowest BCUT2D eigenvalue weighted by Crippen LogP contribution is -2.36. The van der Waals surface area contributed by atoms with Crippen LogP contribution in [0.1, 0.15) is 24.6 Å². The number of fused-ring (bicyclic) bond motifs is 1. The van der Waals surface area contributed by atoms with E-state index in [9.17, 15) is 0 Å². The molecule has 1 aliphatic rings. The molecular weight excluding hydrogens is 360 g/mol. The molecule has 0 N–H and O–H groups in total. The number of piperidine rings is 1. The quantitative estimate of drug-likeness (QED) is 0.661. The first-order chi connectivity index (χ1) is 13.7. The van der Waals surface area contributed by atoms with Gasteiger partial charge in [0.05, 0.1) is 32.9 Å². The van der Waals surface area contributed by atoms with Crippen molar-refractivity contribution in [2.24, 2.45) is 7.05 Å². The van der Waals surface area contributed by atoms with Crippen LogP contribution in [-0.4, -0.2) is 59.4 Å². The van der Waals surface area contributed by atoms with Gasteiger partial charge in [-0.3, -0.25) is 0 Å². The van der Waals surface area contributed by atoms with Crippen molar-refractivity contribution in [1.29, 1.82) is 0 Å². The van der Waals surface area contributed by atoms with E-state index in [-0.39, 0.29) is 0 Å². The molecule has 0 aliphatic carbocycles. The highest BCUT2D eigenvalue weighted by atomic mass is 16.5. The van der Waals surface area contributed by atoms with Gasteiger partial charge in [-0.25, -0.2) is 0 Å². The van der Waals surface area contributed by atoms with Gasteiger partial charge in [0.25, 0.3) is 0 Å². The molecule has 2 aromatic heterocycles. The summed E-state index contributed by atoms with van der Waals surface area (Å²) in [7, 11) is 6.80. The molecule has 1 aromatic carbocycles. The first-order valence-corrected chi connectivity index (χ1v) is 9.21. The van der Waals surface area contributed by atoms with Gasteiger partial charge in [0.15, 0.2) is 17.3 Å². The second kappa shape index (κ2) is 7.49. The Labute approximate surface area is 163 Å². The molecular formula is C19H24N6O3. The van der Waals surface area contributed by atoms with E-state index in [1.807, 2.05) is 17.7 Å². The Morgan fingerprint density at radius 2 is 1.82 bits per heavy atom. The Balaban J connectivity index is 1.79. The van der Waals surface area contributed by atoms with Crippen molar-refractivity contribution in [3.63, 3.8) is 0 Å². The summed E-state index contributed by atoms with van der Waals surface area (Å²) < 4.78 is 18.6. The van der Waals surface area contributed by atoms with Crippen molar-refractivity contribution in [2.45, 2.75) is 18.8 Å². The van der Waals surface area contributed by atoms with Crippen molar-refractivity contribution >= 4 is 16.6 Å². The van der Waals surface area contributed by atoms with Crippen LogP contribution in [0, 0.1) is 0 Å². The molecule has 9 heteroatoms. The number of aromatic nitrogens is 5. The van der Waals surface area contributed by atoms with Gasteiger partial charge in [-0.2, -0.15) is 5.10 Å². The van der Waals surface area contributed by atoms with E-state index in [1.54, 1.807) is 33.9 Å². The van der Waals surface area contributed by atoms with Crippen LogP contribution in [0.5, 0.6) is 17.2 Å². The minimum absolute atomic E-state index is 0.292. The van der Waals surface area contributed by atoms with Crippen LogP contribution in [0.3, 0.4) is 0 Å². The molecule has 0 amide bonds. The van der Waals surface area contributed by atoms with Crippen molar-refractivity contribution < 1.29 is 14.2 Å². The fraction of sp³-hybridized carbons (Fsp3) is 0.474. The van der Waals surface area contributed by atoms with E-state index >= 15 is 0 Å². The van der Waals surface area contributed by atoms with Crippen molar-refractivity contribution in [3.05, 3.63) is 24.4 Å². The molecule has 3 heterocycles. The average Bonchev–Trinajstić information content (AvgIpc) is 3.17. The van der Waals surface area contributed by atoms with Crippen LogP contribution in [-0.2, 0) is 7.05 Å². The van der Waals surface area contributed by atoms with Gasteiger partial charge in [0, 0.05) is 31.4 Å². The van der Waals surface area contributed by atoms with Crippen LogP contribution >= 0.6 is 0 Å². The second-order valence-electron chi connectivity index (χ2n) is 6.86. The fourth-order valence-electron chi connectivity index (χ4n) is 3.96. The van der Waals surface area contributed by atoms with Gasteiger partial charge in [-0.1, -0.05) is 0 Å². The third-order valence-electron chi connectivity index (χ3n) is 5.28. The summed E-state index contributed by atoms with van der Waals surface area (Å²) in [6.07, 6.45) is 5.56. The van der Waals surface area contributed by atoms with Gasteiger partial charge in [0.2, 0.25) is 5.75 Å². The van der Waals surface area contributed by atoms with E-state index < -0.39 is 0 Å². The van der Waals surface area contributed by atoms with Crippen molar-refractivity contribution in [1.82, 2.24) is 25.0 Å². The molecule has 0 saturated carbocycles. The molecule has 0 radical (unpaired) electrons. The molecule has 4 rings (SSSR count). The van der Waals surface area contributed by atoms with Gasteiger partial charge < -0.3 is 23.7 Å². The number of methoxy groups -OCH3 is 3. The summed E-state index contributed by atoms with van der Waals surface area (Å²) in [6, 6.07) is 1.94. The highest BCUT2D eigenvalue weighted by molar-refractivity contribution is 5.99. The molecule has 28 heavy (non-hydrogen) atoms. The lowest BCUT2D eigenvalue weighted by atomic mass is 9.96. The summed E-state index contributed by atoms with van der Waals surface area (Å²) in [6.45, 7) is 1.70. The Bertz CT molecular complexity index is 989. The van der Waals surface area contributed by atoms with E-state index in [2.05, 4.69) is 25.3 Å². The van der Waals surface area contributed by atoms with Crippen LogP contribution in [0.2, 0.25) is 0 Å². The molecule has 148 valence electrons. The minimum Gasteiger partial charge on any atom is -0.493 e. The maximum atomic E-state index is 5.62. The highest BCUT2D eigenvalue weighted by Crippen LogP contribution is 2.45. The number of rotatable bonds is 5. The zero-order valence-corrected chi connectivity index (χ0v) is 16.5. The SMILES string of the molecule is COc1cc2c(N3CCCC(c4nncn4C)C3)nncc2c(OC)c1OC. The predicted octanol–water partition coefficient (Wildman–Crippen LogP) is 2.17. The van der Waals surface area contributed by atoms with Crippen LogP contribution < -0.4 is 19.1 Å². The Morgan fingerprint density at radius 1 is 1.00 bits per heavy atom. The van der Waals surface area contributed by atoms with Gasteiger partial charge >= 0.3 is 0 Å². The summed E-state index contributed by atoms with van der Waals surface area (Å²) in [5.41, 5.74) is 0. The zero-order valence-electron chi connectivity index (χ0n) is 16.5. The molecule has 0 spiro atoms. The Kier molecular flexibility index (Phi) is 4.89. The molecule has 1 aliphatic heterocycles. The topological polar surface area (TPSA) is 87.4 Å². The molecule has 0 bridgehead atoms. The predicted molar refractivity (Wildman–Crippen MR) is 104 cm³/mol.